The van der Waals surface area contributed by atoms with Crippen LogP contribution < -0.4 is 0 Å². The van der Waals surface area contributed by atoms with E-state index in [1.165, 1.54) is 25.7 Å². The predicted molar refractivity (Wildman–Crippen MR) is 64.9 cm³/mol. The second kappa shape index (κ2) is 6.03. The van der Waals surface area contributed by atoms with Crippen LogP contribution in [0.5, 0.6) is 0 Å². The second-order valence-corrected chi connectivity index (χ2v) is 5.93. The first-order valence-electron chi connectivity index (χ1n) is 3.76. The maximum absolute atomic E-state index is 2.52. The highest BCUT2D eigenvalue weighted by Gasteiger charge is 2.17. The van der Waals surface area contributed by atoms with E-state index in [0.29, 0.717) is 3.42 Å². The molecule has 0 nitrogen and oxygen atoms in total. The standard InChI is InChI=1S/C8H15I2/c1-3-4-5-6-8(2,10)7-9/h7H,3-6H2,1-2H3. The monoisotopic (exact) mass is 365 g/mol. The maximum atomic E-state index is 2.52. The largest absolute Gasteiger partial charge is 0.0800 e. The van der Waals surface area contributed by atoms with Crippen LogP contribution in [0.3, 0.4) is 0 Å². The zero-order valence-electron chi connectivity index (χ0n) is 6.66. The van der Waals surface area contributed by atoms with Crippen molar-refractivity contribution in [1.82, 2.24) is 0 Å². The van der Waals surface area contributed by atoms with Gasteiger partial charge in [-0.1, -0.05) is 71.4 Å². The van der Waals surface area contributed by atoms with Crippen LogP contribution in [0.15, 0.2) is 0 Å². The van der Waals surface area contributed by atoms with Gasteiger partial charge in [0.15, 0.2) is 0 Å². The molecule has 1 unspecified atom stereocenters. The minimum absolute atomic E-state index is 0.424. The molecule has 0 heterocycles. The van der Waals surface area contributed by atoms with Gasteiger partial charge < -0.3 is 0 Å². The second-order valence-electron chi connectivity index (χ2n) is 2.84. The average Bonchev–Trinajstić information content (AvgIpc) is 1.89. The van der Waals surface area contributed by atoms with Crippen LogP contribution in [0.2, 0.25) is 0 Å². The summed E-state index contributed by atoms with van der Waals surface area (Å²) in [5.74, 6) is 0. The maximum Gasteiger partial charge on any atom is 0.0383 e. The van der Waals surface area contributed by atoms with Crippen molar-refractivity contribution in [2.75, 3.05) is 0 Å². The first-order chi connectivity index (χ1) is 4.62. The van der Waals surface area contributed by atoms with Crippen LogP contribution in [0.1, 0.15) is 39.5 Å². The van der Waals surface area contributed by atoms with Gasteiger partial charge in [0.05, 0.1) is 0 Å². The highest BCUT2D eigenvalue weighted by atomic mass is 127. The van der Waals surface area contributed by atoms with Gasteiger partial charge in [0.1, 0.15) is 0 Å². The summed E-state index contributed by atoms with van der Waals surface area (Å²) in [6.07, 6.45) is 5.40. The van der Waals surface area contributed by atoms with Gasteiger partial charge in [-0.25, -0.2) is 0 Å². The van der Waals surface area contributed by atoms with Crippen LogP contribution >= 0.6 is 45.2 Å². The van der Waals surface area contributed by atoms with Gasteiger partial charge in [0.2, 0.25) is 0 Å². The topological polar surface area (TPSA) is 0 Å². The Hall–Kier alpha value is 1.46. The lowest BCUT2D eigenvalue weighted by Gasteiger charge is -2.18. The molecule has 2 heteroatoms. The lowest BCUT2D eigenvalue weighted by molar-refractivity contribution is 0.619. The Labute approximate surface area is 91.8 Å². The van der Waals surface area contributed by atoms with Crippen molar-refractivity contribution >= 4 is 45.2 Å². The van der Waals surface area contributed by atoms with Gasteiger partial charge in [-0.2, -0.15) is 0 Å². The third-order valence-electron chi connectivity index (χ3n) is 1.50. The van der Waals surface area contributed by atoms with Crippen molar-refractivity contribution in [3.63, 3.8) is 0 Å². The molecule has 0 aromatic carbocycles. The summed E-state index contributed by atoms with van der Waals surface area (Å²) in [4.78, 5) is 0. The number of unbranched alkanes of at least 4 members (excludes halogenated alkanes) is 2. The number of rotatable bonds is 5. The Morgan fingerprint density at radius 2 is 2.00 bits per heavy atom. The first kappa shape index (κ1) is 11.5. The summed E-state index contributed by atoms with van der Waals surface area (Å²) in [5, 5.41) is 0. The third kappa shape index (κ3) is 6.19. The Bertz CT molecular complexity index is 79.3. The summed E-state index contributed by atoms with van der Waals surface area (Å²) in [6, 6.07) is 0. The van der Waals surface area contributed by atoms with Crippen molar-refractivity contribution in [1.29, 1.82) is 0 Å². The molecule has 0 saturated heterocycles. The van der Waals surface area contributed by atoms with Crippen molar-refractivity contribution in [2.45, 2.75) is 43.0 Å². The van der Waals surface area contributed by atoms with E-state index in [9.17, 15) is 0 Å². The number of hydrogen-bond donors (Lipinski definition) is 0. The van der Waals surface area contributed by atoms with E-state index in [4.69, 9.17) is 0 Å². The van der Waals surface area contributed by atoms with E-state index in [-0.39, 0.29) is 0 Å². The minimum Gasteiger partial charge on any atom is -0.0800 e. The van der Waals surface area contributed by atoms with Crippen molar-refractivity contribution in [3.05, 3.63) is 4.43 Å². The number of alkyl halides is 1. The molecule has 0 rings (SSSR count). The fourth-order valence-electron chi connectivity index (χ4n) is 0.775. The van der Waals surface area contributed by atoms with E-state index in [0.717, 1.165) is 0 Å². The van der Waals surface area contributed by atoms with E-state index in [1.807, 2.05) is 0 Å². The lowest BCUT2D eigenvalue weighted by Crippen LogP contribution is -2.12. The fourth-order valence-corrected chi connectivity index (χ4v) is 1.47. The normalized spacial score (nSPS) is 16.8. The molecule has 0 aliphatic heterocycles. The Morgan fingerprint density at radius 1 is 1.40 bits per heavy atom. The SMILES string of the molecule is CCCCCC(C)(I)[CH]I. The van der Waals surface area contributed by atoms with Crippen LogP contribution in [-0.4, -0.2) is 3.42 Å². The molecule has 10 heavy (non-hydrogen) atoms. The van der Waals surface area contributed by atoms with Crippen molar-refractivity contribution in [2.24, 2.45) is 0 Å². The van der Waals surface area contributed by atoms with Gasteiger partial charge in [-0.3, -0.25) is 0 Å². The van der Waals surface area contributed by atoms with Crippen LogP contribution in [0.25, 0.3) is 0 Å². The van der Waals surface area contributed by atoms with E-state index >= 15 is 0 Å². The molecule has 0 saturated carbocycles. The molecule has 0 bridgehead atoms. The summed E-state index contributed by atoms with van der Waals surface area (Å²) < 4.78 is 2.69. The Kier molecular flexibility index (Phi) is 6.91. The number of halogens is 2. The molecule has 1 radical (unpaired) electrons. The summed E-state index contributed by atoms with van der Waals surface area (Å²) >= 11 is 4.87. The summed E-state index contributed by atoms with van der Waals surface area (Å²) in [5.41, 5.74) is 0. The van der Waals surface area contributed by atoms with Crippen LogP contribution in [0, 0.1) is 4.43 Å². The predicted octanol–water partition coefficient (Wildman–Crippen LogP) is 4.36. The quantitative estimate of drug-likeness (QED) is 0.386. The van der Waals surface area contributed by atoms with Gasteiger partial charge in [0, 0.05) is 7.85 Å². The molecule has 61 valence electrons. The first-order valence-corrected chi connectivity index (χ1v) is 6.08. The zero-order valence-corrected chi connectivity index (χ0v) is 11.0. The van der Waals surface area contributed by atoms with Gasteiger partial charge in [0.25, 0.3) is 0 Å². The molecule has 0 aliphatic carbocycles. The minimum atomic E-state index is 0.424. The van der Waals surface area contributed by atoms with Crippen molar-refractivity contribution < 1.29 is 0 Å². The summed E-state index contributed by atoms with van der Waals surface area (Å²) in [6.45, 7) is 4.54. The molecular weight excluding hydrogens is 350 g/mol. The van der Waals surface area contributed by atoms with E-state index < -0.39 is 0 Å². The smallest absolute Gasteiger partial charge is 0.0383 e. The third-order valence-corrected chi connectivity index (χ3v) is 4.91. The Morgan fingerprint density at radius 3 is 2.40 bits per heavy atom. The highest BCUT2D eigenvalue weighted by Crippen LogP contribution is 2.30. The van der Waals surface area contributed by atoms with Gasteiger partial charge >= 0.3 is 0 Å². The van der Waals surface area contributed by atoms with Gasteiger partial charge in [-0.05, 0) is 13.3 Å². The summed E-state index contributed by atoms with van der Waals surface area (Å²) in [7, 11) is 0. The molecule has 0 N–H and O–H groups in total. The lowest BCUT2D eigenvalue weighted by atomic mass is 10.1. The van der Waals surface area contributed by atoms with Crippen LogP contribution in [0.4, 0.5) is 0 Å². The van der Waals surface area contributed by atoms with E-state index in [2.05, 4.69) is 63.5 Å². The molecule has 0 aliphatic rings. The molecule has 0 fully saturated rings. The van der Waals surface area contributed by atoms with E-state index in [1.54, 1.807) is 0 Å². The van der Waals surface area contributed by atoms with Crippen molar-refractivity contribution in [3.8, 4) is 0 Å². The van der Waals surface area contributed by atoms with Crippen LogP contribution in [-0.2, 0) is 0 Å². The molecule has 1 atom stereocenters. The van der Waals surface area contributed by atoms with Gasteiger partial charge in [-0.15, -0.1) is 0 Å². The molecule has 0 amide bonds. The molecular formula is C8H15I2. The highest BCUT2D eigenvalue weighted by molar-refractivity contribution is 14.1. The fraction of sp³-hybridized carbons (Fsp3) is 0.875. The average molecular weight is 365 g/mol. The number of hydrogen-bond acceptors (Lipinski definition) is 0. The molecule has 0 aromatic rings. The molecule has 0 spiro atoms. The zero-order chi connectivity index (χ0) is 8.04. The molecule has 0 aromatic heterocycles. The Balaban J connectivity index is 3.28.